The van der Waals surface area contributed by atoms with Crippen molar-refractivity contribution >= 4 is 16.8 Å². The van der Waals surface area contributed by atoms with Gasteiger partial charge in [0.1, 0.15) is 11.5 Å². The molecule has 3 aromatic carbocycles. The average Bonchev–Trinajstić information content (AvgIpc) is 3.37. The van der Waals surface area contributed by atoms with E-state index >= 15 is 0 Å². The maximum Gasteiger partial charge on any atom is 0.254 e. The normalized spacial score (nSPS) is 17.0. The van der Waals surface area contributed by atoms with E-state index in [-0.39, 0.29) is 11.7 Å². The molecule has 172 valence electrons. The number of aromatic nitrogens is 2. The fourth-order valence-corrected chi connectivity index (χ4v) is 5.60. The Balaban J connectivity index is 1.19. The number of amides is 1. The fourth-order valence-electron chi connectivity index (χ4n) is 5.60. The summed E-state index contributed by atoms with van der Waals surface area (Å²) in [7, 11) is 1.96. The summed E-state index contributed by atoms with van der Waals surface area (Å²) in [6, 6.07) is 21.2. The molecule has 6 rings (SSSR count). The van der Waals surface area contributed by atoms with Crippen molar-refractivity contribution in [2.75, 3.05) is 13.1 Å². The molecule has 0 radical (unpaired) electrons. The molecule has 4 aromatic rings. The SMILES string of the molecule is Cn1nc(-c2cccc(F)c2)c2cccc(CN3CCC(N4Cc5ccccc5C4=O)CC3)c21. The van der Waals surface area contributed by atoms with Crippen LogP contribution in [0.4, 0.5) is 4.39 Å². The van der Waals surface area contributed by atoms with E-state index in [2.05, 4.69) is 34.1 Å². The Hall–Kier alpha value is -3.51. The molecule has 1 aromatic heterocycles. The van der Waals surface area contributed by atoms with Crippen molar-refractivity contribution in [1.82, 2.24) is 19.6 Å². The summed E-state index contributed by atoms with van der Waals surface area (Å²) >= 11 is 0. The van der Waals surface area contributed by atoms with Crippen LogP contribution in [-0.4, -0.2) is 44.6 Å². The lowest BCUT2D eigenvalue weighted by Crippen LogP contribution is -2.44. The zero-order valence-corrected chi connectivity index (χ0v) is 19.2. The Morgan fingerprint density at radius 3 is 2.59 bits per heavy atom. The Morgan fingerprint density at radius 1 is 1.00 bits per heavy atom. The van der Waals surface area contributed by atoms with Gasteiger partial charge in [-0.2, -0.15) is 5.10 Å². The maximum atomic E-state index is 13.8. The summed E-state index contributed by atoms with van der Waals surface area (Å²) in [5.41, 5.74) is 5.92. The highest BCUT2D eigenvalue weighted by Crippen LogP contribution is 2.32. The minimum atomic E-state index is -0.255. The molecule has 1 amide bonds. The van der Waals surface area contributed by atoms with Crippen molar-refractivity contribution in [3.8, 4) is 11.3 Å². The van der Waals surface area contributed by atoms with Gasteiger partial charge < -0.3 is 4.90 Å². The van der Waals surface area contributed by atoms with E-state index in [0.717, 1.165) is 72.3 Å². The number of hydrogen-bond acceptors (Lipinski definition) is 3. The monoisotopic (exact) mass is 454 g/mol. The van der Waals surface area contributed by atoms with E-state index in [1.54, 1.807) is 6.07 Å². The second-order valence-electron chi connectivity index (χ2n) is 9.39. The minimum absolute atomic E-state index is 0.179. The first-order valence-corrected chi connectivity index (χ1v) is 11.9. The molecule has 2 aliphatic heterocycles. The molecule has 1 saturated heterocycles. The number of rotatable bonds is 4. The molecule has 5 nitrogen and oxygen atoms in total. The molecule has 34 heavy (non-hydrogen) atoms. The van der Waals surface area contributed by atoms with Crippen molar-refractivity contribution < 1.29 is 9.18 Å². The Morgan fingerprint density at radius 2 is 1.79 bits per heavy atom. The molecule has 0 N–H and O–H groups in total. The third-order valence-electron chi connectivity index (χ3n) is 7.29. The summed E-state index contributed by atoms with van der Waals surface area (Å²) < 4.78 is 15.7. The van der Waals surface area contributed by atoms with Crippen LogP contribution in [0.1, 0.15) is 34.3 Å². The minimum Gasteiger partial charge on any atom is -0.331 e. The van der Waals surface area contributed by atoms with Crippen molar-refractivity contribution in [1.29, 1.82) is 0 Å². The molecule has 3 heterocycles. The van der Waals surface area contributed by atoms with Crippen molar-refractivity contribution in [3.05, 3.63) is 89.2 Å². The van der Waals surface area contributed by atoms with Crippen LogP contribution in [-0.2, 0) is 20.1 Å². The summed E-state index contributed by atoms with van der Waals surface area (Å²) in [5, 5.41) is 5.78. The largest absolute Gasteiger partial charge is 0.331 e. The molecule has 0 atom stereocenters. The van der Waals surface area contributed by atoms with Gasteiger partial charge in [0, 0.05) is 55.8 Å². The van der Waals surface area contributed by atoms with Gasteiger partial charge in [0.2, 0.25) is 0 Å². The molecule has 6 heteroatoms. The molecular formula is C28H27FN4O. The average molecular weight is 455 g/mol. The highest BCUT2D eigenvalue weighted by atomic mass is 19.1. The van der Waals surface area contributed by atoms with Gasteiger partial charge in [-0.3, -0.25) is 14.4 Å². The highest BCUT2D eigenvalue weighted by molar-refractivity contribution is 5.98. The van der Waals surface area contributed by atoms with Crippen LogP contribution in [0.25, 0.3) is 22.2 Å². The second kappa shape index (κ2) is 8.37. The van der Waals surface area contributed by atoms with Crippen LogP contribution >= 0.6 is 0 Å². The van der Waals surface area contributed by atoms with E-state index in [1.165, 1.54) is 17.7 Å². The highest BCUT2D eigenvalue weighted by Gasteiger charge is 2.34. The Labute approximate surface area is 198 Å². The van der Waals surface area contributed by atoms with Gasteiger partial charge in [0.05, 0.1) is 5.52 Å². The van der Waals surface area contributed by atoms with E-state index in [0.29, 0.717) is 6.04 Å². The Bertz CT molecular complexity index is 1390. The quantitative estimate of drug-likeness (QED) is 0.436. The molecule has 0 bridgehead atoms. The lowest BCUT2D eigenvalue weighted by Gasteiger charge is -2.36. The lowest BCUT2D eigenvalue weighted by molar-refractivity contribution is 0.0590. The van der Waals surface area contributed by atoms with Crippen LogP contribution in [0.5, 0.6) is 0 Å². The van der Waals surface area contributed by atoms with Gasteiger partial charge in [0.25, 0.3) is 5.91 Å². The van der Waals surface area contributed by atoms with Crippen LogP contribution in [0.15, 0.2) is 66.7 Å². The smallest absolute Gasteiger partial charge is 0.254 e. The molecule has 1 fully saturated rings. The first-order chi connectivity index (χ1) is 16.6. The fraction of sp³-hybridized carbons (Fsp3) is 0.286. The number of hydrogen-bond donors (Lipinski definition) is 0. The van der Waals surface area contributed by atoms with Gasteiger partial charge in [-0.1, -0.05) is 48.5 Å². The number of fused-ring (bicyclic) bond motifs is 2. The number of aryl methyl sites for hydroxylation is 1. The summed E-state index contributed by atoms with van der Waals surface area (Å²) in [5.74, 6) is -0.0755. The van der Waals surface area contributed by atoms with Crippen LogP contribution in [0.2, 0.25) is 0 Å². The lowest BCUT2D eigenvalue weighted by atomic mass is 10.0. The van der Waals surface area contributed by atoms with E-state index in [9.17, 15) is 9.18 Å². The number of halogens is 1. The van der Waals surface area contributed by atoms with Gasteiger partial charge >= 0.3 is 0 Å². The topological polar surface area (TPSA) is 41.4 Å². The standard InChI is InChI=1S/C28H27FN4O/c1-31-27-21(8-5-11-25(27)26(30-31)19-7-4-9-22(29)16-19)17-32-14-12-23(13-15-32)33-18-20-6-2-3-10-24(20)28(33)34/h2-11,16,23H,12-15,17-18H2,1H3. The summed E-state index contributed by atoms with van der Waals surface area (Å²) in [6.07, 6.45) is 1.96. The van der Waals surface area contributed by atoms with Crippen LogP contribution < -0.4 is 0 Å². The second-order valence-corrected chi connectivity index (χ2v) is 9.39. The molecular weight excluding hydrogens is 427 g/mol. The number of piperidine rings is 1. The van der Waals surface area contributed by atoms with Gasteiger partial charge in [-0.05, 0) is 42.2 Å². The van der Waals surface area contributed by atoms with E-state index < -0.39 is 0 Å². The maximum absolute atomic E-state index is 13.8. The zero-order valence-electron chi connectivity index (χ0n) is 19.2. The Kier molecular flexibility index (Phi) is 5.18. The molecule has 2 aliphatic rings. The molecule has 0 saturated carbocycles. The predicted octanol–water partition coefficient (Wildman–Crippen LogP) is 5.00. The number of para-hydroxylation sites is 1. The van der Waals surface area contributed by atoms with Gasteiger partial charge in [-0.15, -0.1) is 0 Å². The van der Waals surface area contributed by atoms with Crippen molar-refractivity contribution in [3.63, 3.8) is 0 Å². The third-order valence-corrected chi connectivity index (χ3v) is 7.29. The van der Waals surface area contributed by atoms with Gasteiger partial charge in [0.15, 0.2) is 0 Å². The van der Waals surface area contributed by atoms with Gasteiger partial charge in [-0.25, -0.2) is 4.39 Å². The number of carbonyl (C=O) groups excluding carboxylic acids is 1. The predicted molar refractivity (Wildman–Crippen MR) is 131 cm³/mol. The first kappa shape index (κ1) is 21.1. The molecule has 0 aliphatic carbocycles. The number of likely N-dealkylation sites (tertiary alicyclic amines) is 1. The van der Waals surface area contributed by atoms with Crippen LogP contribution in [0, 0.1) is 5.82 Å². The molecule has 0 unspecified atom stereocenters. The van der Waals surface area contributed by atoms with Crippen molar-refractivity contribution in [2.24, 2.45) is 7.05 Å². The zero-order chi connectivity index (χ0) is 23.2. The number of nitrogens with zero attached hydrogens (tertiary/aromatic N) is 4. The molecule has 0 spiro atoms. The van der Waals surface area contributed by atoms with E-state index in [1.807, 2.05) is 36.0 Å². The summed E-state index contributed by atoms with van der Waals surface area (Å²) in [4.78, 5) is 17.4. The van der Waals surface area contributed by atoms with Crippen molar-refractivity contribution in [2.45, 2.75) is 32.0 Å². The third kappa shape index (κ3) is 3.59. The number of benzene rings is 3. The first-order valence-electron chi connectivity index (χ1n) is 11.9. The number of carbonyl (C=O) groups is 1. The van der Waals surface area contributed by atoms with E-state index in [4.69, 9.17) is 5.10 Å². The van der Waals surface area contributed by atoms with Crippen LogP contribution in [0.3, 0.4) is 0 Å². The summed E-state index contributed by atoms with van der Waals surface area (Å²) in [6.45, 7) is 3.47.